The number of rotatable bonds is 7. The van der Waals surface area contributed by atoms with Gasteiger partial charge in [0.25, 0.3) is 0 Å². The number of hydrogen-bond acceptors (Lipinski definition) is 5. The first-order valence-corrected chi connectivity index (χ1v) is 12.8. The van der Waals surface area contributed by atoms with E-state index in [0.29, 0.717) is 18.0 Å². The van der Waals surface area contributed by atoms with Crippen molar-refractivity contribution in [1.29, 1.82) is 0 Å². The molecule has 1 atom stereocenters. The molecule has 35 heavy (non-hydrogen) atoms. The highest BCUT2D eigenvalue weighted by atomic mass is 79.9. The molecule has 1 amide bonds. The Morgan fingerprint density at radius 2 is 1.94 bits per heavy atom. The predicted molar refractivity (Wildman–Crippen MR) is 143 cm³/mol. The zero-order chi connectivity index (χ0) is 24.2. The van der Waals surface area contributed by atoms with Crippen LogP contribution in [0.25, 0.3) is 16.9 Å². The molecule has 0 radical (unpaired) electrons. The van der Waals surface area contributed by atoms with Gasteiger partial charge < -0.3 is 16.0 Å². The molecule has 4 aromatic rings. The zero-order valence-electron chi connectivity index (χ0n) is 19.5. The van der Waals surface area contributed by atoms with E-state index in [1.807, 2.05) is 53.4 Å². The van der Waals surface area contributed by atoms with Gasteiger partial charge in [-0.1, -0.05) is 48.5 Å². The number of carbonyl (C=O) groups is 1. The average molecular weight is 533 g/mol. The summed E-state index contributed by atoms with van der Waals surface area (Å²) in [6.07, 6.45) is 5.20. The summed E-state index contributed by atoms with van der Waals surface area (Å²) >= 11 is 3.56. The van der Waals surface area contributed by atoms with Crippen LogP contribution in [0.3, 0.4) is 0 Å². The number of halogens is 1. The van der Waals surface area contributed by atoms with E-state index in [1.54, 1.807) is 10.7 Å². The SMILES string of the molecule is Nc1ccccc1-c1cc(NCC2CCCN(C(=O)CCc3ccccc3)C2)n2ncc(Br)c2n1. The van der Waals surface area contributed by atoms with Gasteiger partial charge in [-0.15, -0.1) is 0 Å². The Hall–Kier alpha value is -3.39. The minimum absolute atomic E-state index is 0.239. The van der Waals surface area contributed by atoms with Crippen LogP contribution in [0.15, 0.2) is 71.3 Å². The van der Waals surface area contributed by atoms with E-state index in [2.05, 4.69) is 38.5 Å². The molecule has 0 spiro atoms. The van der Waals surface area contributed by atoms with Gasteiger partial charge in [-0.25, -0.2) is 4.98 Å². The Labute approximate surface area is 213 Å². The number of nitrogens with one attached hydrogen (secondary N) is 1. The van der Waals surface area contributed by atoms with E-state index in [0.717, 1.165) is 66.1 Å². The summed E-state index contributed by atoms with van der Waals surface area (Å²) in [5.41, 5.74) is 10.5. The molecule has 1 fully saturated rings. The highest BCUT2D eigenvalue weighted by molar-refractivity contribution is 9.10. The van der Waals surface area contributed by atoms with Gasteiger partial charge in [-0.05, 0) is 52.7 Å². The molecule has 0 bridgehead atoms. The van der Waals surface area contributed by atoms with Crippen LogP contribution >= 0.6 is 15.9 Å². The fourth-order valence-corrected chi connectivity index (χ4v) is 5.04. The first-order valence-electron chi connectivity index (χ1n) is 12.0. The largest absolute Gasteiger partial charge is 0.398 e. The molecule has 8 heteroatoms. The maximum Gasteiger partial charge on any atom is 0.222 e. The van der Waals surface area contributed by atoms with Gasteiger partial charge in [0.1, 0.15) is 5.82 Å². The number of amides is 1. The minimum atomic E-state index is 0.239. The fraction of sp³-hybridized carbons (Fsp3) is 0.296. The van der Waals surface area contributed by atoms with E-state index in [4.69, 9.17) is 10.7 Å². The molecule has 2 aromatic heterocycles. The number of likely N-dealkylation sites (tertiary alicyclic amines) is 1. The van der Waals surface area contributed by atoms with Crippen LogP contribution in [0.4, 0.5) is 11.5 Å². The highest BCUT2D eigenvalue weighted by Crippen LogP contribution is 2.29. The second-order valence-corrected chi connectivity index (χ2v) is 9.91. The third-order valence-electron chi connectivity index (χ3n) is 6.58. The number of aryl methyl sites for hydroxylation is 1. The smallest absolute Gasteiger partial charge is 0.222 e. The number of fused-ring (bicyclic) bond motifs is 1. The molecule has 1 aliphatic rings. The van der Waals surface area contributed by atoms with Crippen molar-refractivity contribution in [3.05, 3.63) is 76.9 Å². The van der Waals surface area contributed by atoms with Crippen LogP contribution in [0.2, 0.25) is 0 Å². The van der Waals surface area contributed by atoms with Crippen LogP contribution in [-0.2, 0) is 11.2 Å². The normalized spacial score (nSPS) is 15.9. The van der Waals surface area contributed by atoms with E-state index < -0.39 is 0 Å². The van der Waals surface area contributed by atoms with E-state index in [-0.39, 0.29) is 5.91 Å². The van der Waals surface area contributed by atoms with Gasteiger partial charge >= 0.3 is 0 Å². The van der Waals surface area contributed by atoms with Gasteiger partial charge in [0.2, 0.25) is 5.91 Å². The third kappa shape index (κ3) is 5.32. The molecule has 7 nitrogen and oxygen atoms in total. The number of carbonyl (C=O) groups excluding carboxylic acids is 1. The lowest BCUT2D eigenvalue weighted by Crippen LogP contribution is -2.42. The first-order chi connectivity index (χ1) is 17.1. The van der Waals surface area contributed by atoms with Gasteiger partial charge in [0.05, 0.1) is 16.4 Å². The molecule has 3 heterocycles. The lowest BCUT2D eigenvalue weighted by Gasteiger charge is -2.33. The zero-order valence-corrected chi connectivity index (χ0v) is 21.1. The molecule has 5 rings (SSSR count). The molecular formula is C27H29BrN6O. The summed E-state index contributed by atoms with van der Waals surface area (Å²) in [7, 11) is 0. The summed E-state index contributed by atoms with van der Waals surface area (Å²) in [5.74, 6) is 1.46. The number of nitrogen functional groups attached to an aromatic ring is 1. The van der Waals surface area contributed by atoms with Gasteiger partial charge in [0.15, 0.2) is 5.65 Å². The highest BCUT2D eigenvalue weighted by Gasteiger charge is 2.24. The van der Waals surface area contributed by atoms with Crippen molar-refractivity contribution in [3.63, 3.8) is 0 Å². The van der Waals surface area contributed by atoms with Crippen molar-refractivity contribution in [2.75, 3.05) is 30.7 Å². The summed E-state index contributed by atoms with van der Waals surface area (Å²) < 4.78 is 2.63. The second kappa shape index (κ2) is 10.5. The summed E-state index contributed by atoms with van der Waals surface area (Å²) in [4.78, 5) is 19.7. The molecule has 2 aromatic carbocycles. The topological polar surface area (TPSA) is 88.5 Å². The van der Waals surface area contributed by atoms with Crippen molar-refractivity contribution < 1.29 is 4.79 Å². The molecule has 0 aliphatic carbocycles. The number of piperidine rings is 1. The maximum atomic E-state index is 12.9. The number of anilines is 2. The molecule has 1 aliphatic heterocycles. The van der Waals surface area contributed by atoms with E-state index in [9.17, 15) is 4.79 Å². The average Bonchev–Trinajstić information content (AvgIpc) is 3.27. The molecule has 180 valence electrons. The van der Waals surface area contributed by atoms with Gasteiger partial charge in [0, 0.05) is 43.4 Å². The lowest BCUT2D eigenvalue weighted by molar-refractivity contribution is -0.132. The number of aromatic nitrogens is 3. The number of hydrogen-bond donors (Lipinski definition) is 2. The van der Waals surface area contributed by atoms with E-state index >= 15 is 0 Å². The standard InChI is InChI=1S/C27H29BrN6O/c28-22-17-31-34-25(15-24(32-27(22)34)21-10-4-5-11-23(21)29)30-16-20-9-6-14-33(18-20)26(35)13-12-19-7-2-1-3-8-19/h1-5,7-8,10-11,15,17,20,30H,6,9,12-14,16,18,29H2. The Kier molecular flexibility index (Phi) is 6.99. The van der Waals surface area contributed by atoms with Crippen LogP contribution in [-0.4, -0.2) is 45.0 Å². The Balaban J connectivity index is 1.27. The van der Waals surface area contributed by atoms with Crippen LogP contribution in [0, 0.1) is 5.92 Å². The Morgan fingerprint density at radius 3 is 2.77 bits per heavy atom. The van der Waals surface area contributed by atoms with E-state index in [1.165, 1.54) is 5.56 Å². The summed E-state index contributed by atoms with van der Waals surface area (Å²) in [5, 5.41) is 8.06. The third-order valence-corrected chi connectivity index (χ3v) is 7.14. The van der Waals surface area contributed by atoms with Gasteiger partial charge in [-0.2, -0.15) is 9.61 Å². The Bertz CT molecular complexity index is 1320. The van der Waals surface area contributed by atoms with Crippen LogP contribution in [0.1, 0.15) is 24.8 Å². The van der Waals surface area contributed by atoms with Crippen molar-refractivity contribution in [2.45, 2.75) is 25.7 Å². The number of nitrogens with zero attached hydrogens (tertiary/aromatic N) is 4. The van der Waals surface area contributed by atoms with Crippen LogP contribution in [0.5, 0.6) is 0 Å². The van der Waals surface area contributed by atoms with Gasteiger partial charge in [-0.3, -0.25) is 4.79 Å². The number of para-hydroxylation sites is 1. The first kappa shape index (κ1) is 23.4. The molecular weight excluding hydrogens is 504 g/mol. The number of benzene rings is 2. The van der Waals surface area contributed by atoms with Crippen molar-refractivity contribution in [1.82, 2.24) is 19.5 Å². The van der Waals surface area contributed by atoms with Crippen LogP contribution < -0.4 is 11.1 Å². The molecule has 3 N–H and O–H groups in total. The summed E-state index contributed by atoms with van der Waals surface area (Å²) in [6.45, 7) is 2.37. The predicted octanol–water partition coefficient (Wildman–Crippen LogP) is 5.02. The second-order valence-electron chi connectivity index (χ2n) is 9.06. The molecule has 1 saturated heterocycles. The van der Waals surface area contributed by atoms with Crippen molar-refractivity contribution in [2.24, 2.45) is 5.92 Å². The van der Waals surface area contributed by atoms with Crippen molar-refractivity contribution in [3.8, 4) is 11.3 Å². The molecule has 1 unspecified atom stereocenters. The fourth-order valence-electron chi connectivity index (χ4n) is 4.69. The summed E-state index contributed by atoms with van der Waals surface area (Å²) in [6, 6.07) is 19.9. The van der Waals surface area contributed by atoms with Crippen molar-refractivity contribution >= 4 is 39.0 Å². The maximum absolute atomic E-state index is 12.9. The minimum Gasteiger partial charge on any atom is -0.398 e. The monoisotopic (exact) mass is 532 g/mol. The Morgan fingerprint density at radius 1 is 1.14 bits per heavy atom. The quantitative estimate of drug-likeness (QED) is 0.326. The number of nitrogens with two attached hydrogens (primary N) is 1. The molecule has 0 saturated carbocycles. The lowest BCUT2D eigenvalue weighted by atomic mass is 9.97.